The van der Waals surface area contributed by atoms with Gasteiger partial charge in [-0.15, -0.1) is 0 Å². The molecular formula is C9H8Cl2N2O. The normalized spacial score (nSPS) is 20.9. The fourth-order valence-corrected chi connectivity index (χ4v) is 1.75. The Hall–Kier alpha value is -0.770. The van der Waals surface area contributed by atoms with Crippen LogP contribution >= 0.6 is 23.2 Å². The summed E-state index contributed by atoms with van der Waals surface area (Å²) in [5.41, 5.74) is 6.10. The van der Waals surface area contributed by atoms with Gasteiger partial charge in [0.05, 0.1) is 17.3 Å². The van der Waals surface area contributed by atoms with Gasteiger partial charge in [0.25, 0.3) is 0 Å². The zero-order valence-electron chi connectivity index (χ0n) is 7.21. The molecule has 0 radical (unpaired) electrons. The number of anilines is 1. The van der Waals surface area contributed by atoms with Crippen molar-refractivity contribution in [1.82, 2.24) is 0 Å². The molecule has 1 saturated heterocycles. The number of β-lactam (4-membered cyclic amide) rings is 1. The van der Waals surface area contributed by atoms with E-state index in [1.54, 1.807) is 18.2 Å². The zero-order chi connectivity index (χ0) is 10.3. The van der Waals surface area contributed by atoms with Crippen LogP contribution in [0.15, 0.2) is 18.2 Å². The number of benzene rings is 1. The van der Waals surface area contributed by atoms with Crippen LogP contribution in [0.5, 0.6) is 0 Å². The fourth-order valence-electron chi connectivity index (χ4n) is 1.36. The molecule has 1 aromatic carbocycles. The number of carbonyl (C=O) groups is 1. The summed E-state index contributed by atoms with van der Waals surface area (Å²) in [4.78, 5) is 12.9. The van der Waals surface area contributed by atoms with Gasteiger partial charge in [0.2, 0.25) is 5.91 Å². The maximum Gasteiger partial charge on any atom is 0.245 e. The van der Waals surface area contributed by atoms with Crippen LogP contribution in [0.4, 0.5) is 5.69 Å². The standard InChI is InChI=1S/C9H8Cl2N2O/c10-5-1-2-6(11)8(3-5)13-4-7(12)9(13)14/h1-3,7H,4,12H2. The van der Waals surface area contributed by atoms with E-state index in [9.17, 15) is 4.79 Å². The summed E-state index contributed by atoms with van der Waals surface area (Å²) in [6.07, 6.45) is 0. The number of hydrogen-bond donors (Lipinski definition) is 1. The third-order valence-corrected chi connectivity index (χ3v) is 2.72. The Kier molecular flexibility index (Phi) is 2.39. The summed E-state index contributed by atoms with van der Waals surface area (Å²) in [5, 5.41) is 1.06. The van der Waals surface area contributed by atoms with E-state index in [2.05, 4.69) is 0 Å². The van der Waals surface area contributed by atoms with Crippen molar-refractivity contribution < 1.29 is 4.79 Å². The molecule has 0 aliphatic carbocycles. The van der Waals surface area contributed by atoms with Crippen LogP contribution < -0.4 is 10.6 Å². The Bertz CT molecular complexity index is 394. The Morgan fingerprint density at radius 1 is 1.43 bits per heavy atom. The molecule has 0 spiro atoms. The summed E-state index contributed by atoms with van der Waals surface area (Å²) in [7, 11) is 0. The molecule has 5 heteroatoms. The van der Waals surface area contributed by atoms with Crippen LogP contribution in [0, 0.1) is 0 Å². The molecule has 1 atom stereocenters. The third-order valence-electron chi connectivity index (χ3n) is 2.16. The van der Waals surface area contributed by atoms with Crippen LogP contribution in [0.1, 0.15) is 0 Å². The maximum absolute atomic E-state index is 11.3. The minimum atomic E-state index is -0.398. The van der Waals surface area contributed by atoms with Crippen molar-refractivity contribution in [3.8, 4) is 0 Å². The van der Waals surface area contributed by atoms with Gasteiger partial charge in [0, 0.05) is 5.02 Å². The van der Waals surface area contributed by atoms with Gasteiger partial charge in [-0.05, 0) is 18.2 Å². The number of halogens is 2. The second kappa shape index (κ2) is 3.42. The second-order valence-corrected chi connectivity index (χ2v) is 3.99. The number of rotatable bonds is 1. The predicted molar refractivity (Wildman–Crippen MR) is 56.8 cm³/mol. The van der Waals surface area contributed by atoms with E-state index in [1.807, 2.05) is 0 Å². The molecule has 0 bridgehead atoms. The number of amides is 1. The number of carbonyl (C=O) groups excluding carboxylic acids is 1. The molecule has 1 aliphatic rings. The van der Waals surface area contributed by atoms with E-state index in [4.69, 9.17) is 28.9 Å². The lowest BCUT2D eigenvalue weighted by atomic mass is 10.1. The predicted octanol–water partition coefficient (Wildman–Crippen LogP) is 1.67. The van der Waals surface area contributed by atoms with Crippen LogP contribution in [-0.4, -0.2) is 18.5 Å². The summed E-state index contributed by atoms with van der Waals surface area (Å²) in [6, 6.07) is 4.60. The first kappa shape index (κ1) is 9.77. The van der Waals surface area contributed by atoms with Crippen LogP contribution in [0.25, 0.3) is 0 Å². The summed E-state index contributed by atoms with van der Waals surface area (Å²) in [6.45, 7) is 0.499. The third kappa shape index (κ3) is 1.47. The second-order valence-electron chi connectivity index (χ2n) is 3.15. The van der Waals surface area contributed by atoms with Gasteiger partial charge < -0.3 is 10.6 Å². The lowest BCUT2D eigenvalue weighted by Gasteiger charge is -2.36. The lowest BCUT2D eigenvalue weighted by Crippen LogP contribution is -2.61. The number of nitrogens with two attached hydrogens (primary N) is 1. The van der Waals surface area contributed by atoms with Crippen LogP contribution in [0.3, 0.4) is 0 Å². The Balaban J connectivity index is 2.33. The van der Waals surface area contributed by atoms with Crippen molar-refractivity contribution in [2.45, 2.75) is 6.04 Å². The molecule has 1 aliphatic heterocycles. The topological polar surface area (TPSA) is 46.3 Å². The van der Waals surface area contributed by atoms with Crippen molar-refractivity contribution in [3.05, 3.63) is 28.2 Å². The van der Waals surface area contributed by atoms with Crippen molar-refractivity contribution in [2.75, 3.05) is 11.4 Å². The molecule has 3 nitrogen and oxygen atoms in total. The van der Waals surface area contributed by atoms with Crippen LogP contribution in [-0.2, 0) is 4.79 Å². The quantitative estimate of drug-likeness (QED) is 0.747. The molecule has 2 rings (SSSR count). The van der Waals surface area contributed by atoms with Crippen molar-refractivity contribution in [2.24, 2.45) is 5.73 Å². The lowest BCUT2D eigenvalue weighted by molar-refractivity contribution is -0.123. The molecule has 2 N–H and O–H groups in total. The van der Waals surface area contributed by atoms with E-state index in [0.717, 1.165) is 0 Å². The van der Waals surface area contributed by atoms with E-state index in [0.29, 0.717) is 22.3 Å². The monoisotopic (exact) mass is 230 g/mol. The largest absolute Gasteiger partial charge is 0.318 e. The first-order chi connectivity index (χ1) is 6.59. The first-order valence-corrected chi connectivity index (χ1v) is 4.87. The number of nitrogens with zero attached hydrogens (tertiary/aromatic N) is 1. The molecule has 74 valence electrons. The van der Waals surface area contributed by atoms with E-state index in [1.165, 1.54) is 4.90 Å². The highest BCUT2D eigenvalue weighted by Gasteiger charge is 2.35. The minimum absolute atomic E-state index is 0.117. The summed E-state index contributed by atoms with van der Waals surface area (Å²) < 4.78 is 0. The molecule has 0 saturated carbocycles. The molecule has 0 aromatic heterocycles. The van der Waals surface area contributed by atoms with Gasteiger partial charge in [-0.3, -0.25) is 4.79 Å². The highest BCUT2D eigenvalue weighted by molar-refractivity contribution is 6.36. The van der Waals surface area contributed by atoms with E-state index < -0.39 is 6.04 Å². The number of hydrogen-bond acceptors (Lipinski definition) is 2. The molecule has 14 heavy (non-hydrogen) atoms. The minimum Gasteiger partial charge on any atom is -0.318 e. The van der Waals surface area contributed by atoms with Crippen LogP contribution in [0.2, 0.25) is 10.0 Å². The van der Waals surface area contributed by atoms with E-state index >= 15 is 0 Å². The van der Waals surface area contributed by atoms with Gasteiger partial charge in [0.15, 0.2) is 0 Å². The highest BCUT2D eigenvalue weighted by atomic mass is 35.5. The molecule has 1 unspecified atom stereocenters. The summed E-state index contributed by atoms with van der Waals surface area (Å²) >= 11 is 11.7. The first-order valence-electron chi connectivity index (χ1n) is 4.11. The van der Waals surface area contributed by atoms with Gasteiger partial charge in [-0.1, -0.05) is 23.2 Å². The van der Waals surface area contributed by atoms with Crippen molar-refractivity contribution in [3.63, 3.8) is 0 Å². The Morgan fingerprint density at radius 3 is 2.71 bits per heavy atom. The molecule has 1 amide bonds. The van der Waals surface area contributed by atoms with E-state index in [-0.39, 0.29) is 5.91 Å². The van der Waals surface area contributed by atoms with Gasteiger partial charge in [0.1, 0.15) is 6.04 Å². The van der Waals surface area contributed by atoms with Crippen molar-refractivity contribution >= 4 is 34.8 Å². The Labute approximate surface area is 91.4 Å². The zero-order valence-corrected chi connectivity index (χ0v) is 8.72. The van der Waals surface area contributed by atoms with Gasteiger partial charge in [-0.2, -0.15) is 0 Å². The smallest absolute Gasteiger partial charge is 0.245 e. The molecule has 1 aromatic rings. The average Bonchev–Trinajstić information content (AvgIpc) is 2.18. The van der Waals surface area contributed by atoms with Gasteiger partial charge in [-0.25, -0.2) is 0 Å². The van der Waals surface area contributed by atoms with Crippen molar-refractivity contribution in [1.29, 1.82) is 0 Å². The van der Waals surface area contributed by atoms with Gasteiger partial charge >= 0.3 is 0 Å². The molecule has 1 heterocycles. The molecule has 1 fully saturated rings. The average molecular weight is 231 g/mol. The summed E-state index contributed by atoms with van der Waals surface area (Å²) in [5.74, 6) is -0.117. The molecular weight excluding hydrogens is 223 g/mol. The fraction of sp³-hybridized carbons (Fsp3) is 0.222. The SMILES string of the molecule is NC1CN(c2cc(Cl)ccc2Cl)C1=O. The maximum atomic E-state index is 11.3. The highest BCUT2D eigenvalue weighted by Crippen LogP contribution is 2.31. The Morgan fingerprint density at radius 2 is 2.14 bits per heavy atom.